The van der Waals surface area contributed by atoms with Crippen molar-refractivity contribution in [2.24, 2.45) is 0 Å². The van der Waals surface area contributed by atoms with Crippen LogP contribution < -0.4 is 4.74 Å². The molecular weight excluding hydrogens is 346 g/mol. The van der Waals surface area contributed by atoms with Crippen LogP contribution in [0.15, 0.2) is 40.9 Å². The summed E-state index contributed by atoms with van der Waals surface area (Å²) in [5.41, 5.74) is 1.50. The Morgan fingerprint density at radius 1 is 1.30 bits per heavy atom. The van der Waals surface area contributed by atoms with Gasteiger partial charge in [0.25, 0.3) is 5.69 Å². The number of hydrogen-bond acceptors (Lipinski definition) is 3. The number of nitro benzene ring substituents is 1. The molecule has 0 fully saturated rings. The number of halogens is 2. The quantitative estimate of drug-likeness (QED) is 0.578. The van der Waals surface area contributed by atoms with Gasteiger partial charge in [-0.2, -0.15) is 0 Å². The van der Waals surface area contributed by atoms with E-state index in [2.05, 4.69) is 15.9 Å². The highest BCUT2D eigenvalue weighted by atomic mass is 79.9. The van der Waals surface area contributed by atoms with Crippen LogP contribution >= 0.6 is 27.5 Å². The van der Waals surface area contributed by atoms with E-state index < -0.39 is 4.92 Å². The van der Waals surface area contributed by atoms with Crippen molar-refractivity contribution in [3.8, 4) is 5.75 Å². The van der Waals surface area contributed by atoms with Gasteiger partial charge in [-0.05, 0) is 31.2 Å². The molecule has 20 heavy (non-hydrogen) atoms. The zero-order chi connectivity index (χ0) is 14.7. The van der Waals surface area contributed by atoms with Crippen molar-refractivity contribution in [3.63, 3.8) is 0 Å². The van der Waals surface area contributed by atoms with Crippen LogP contribution in [0.3, 0.4) is 0 Å². The third kappa shape index (κ3) is 3.49. The van der Waals surface area contributed by atoms with Gasteiger partial charge < -0.3 is 4.74 Å². The van der Waals surface area contributed by atoms with Crippen molar-refractivity contribution >= 4 is 33.2 Å². The molecule has 4 nitrogen and oxygen atoms in total. The van der Waals surface area contributed by atoms with E-state index in [1.165, 1.54) is 6.07 Å². The molecular formula is C14H11BrClNO3. The molecule has 0 N–H and O–H groups in total. The Morgan fingerprint density at radius 2 is 2.05 bits per heavy atom. The molecule has 0 radical (unpaired) electrons. The maximum absolute atomic E-state index is 10.7. The number of nitro groups is 1. The summed E-state index contributed by atoms with van der Waals surface area (Å²) in [5.74, 6) is 0.576. The Bertz CT molecular complexity index is 661. The highest BCUT2D eigenvalue weighted by Crippen LogP contribution is 2.26. The van der Waals surface area contributed by atoms with E-state index in [9.17, 15) is 10.1 Å². The van der Waals surface area contributed by atoms with E-state index in [1.54, 1.807) is 25.1 Å². The first-order valence-electron chi connectivity index (χ1n) is 5.79. The molecule has 0 saturated heterocycles. The molecule has 0 aromatic heterocycles. The summed E-state index contributed by atoms with van der Waals surface area (Å²) in [6, 6.07) is 10.2. The Balaban J connectivity index is 2.11. The van der Waals surface area contributed by atoms with Gasteiger partial charge in [0.2, 0.25) is 0 Å². The van der Waals surface area contributed by atoms with Crippen LogP contribution in [0.4, 0.5) is 5.69 Å². The van der Waals surface area contributed by atoms with Crippen LogP contribution in [0.25, 0.3) is 0 Å². The molecule has 0 saturated carbocycles. The lowest BCUT2D eigenvalue weighted by Crippen LogP contribution is -1.98. The molecule has 0 unspecified atom stereocenters. The van der Waals surface area contributed by atoms with Crippen LogP contribution in [0.1, 0.15) is 11.1 Å². The van der Waals surface area contributed by atoms with Crippen molar-refractivity contribution in [3.05, 3.63) is 67.1 Å². The van der Waals surface area contributed by atoms with Crippen LogP contribution in [0.2, 0.25) is 5.02 Å². The van der Waals surface area contributed by atoms with Crippen LogP contribution in [-0.2, 0) is 6.61 Å². The molecule has 104 valence electrons. The standard InChI is InChI=1S/C14H11BrClNO3/c1-9-6-12(4-5-14(9)17(18)19)20-8-10-2-3-11(15)7-13(10)16/h2-7H,8H2,1H3. The summed E-state index contributed by atoms with van der Waals surface area (Å²) in [5, 5.41) is 11.3. The lowest BCUT2D eigenvalue weighted by molar-refractivity contribution is -0.385. The fraction of sp³-hybridized carbons (Fsp3) is 0.143. The number of benzene rings is 2. The number of rotatable bonds is 4. The second kappa shape index (κ2) is 6.24. The second-order valence-corrected chi connectivity index (χ2v) is 5.55. The van der Waals surface area contributed by atoms with Gasteiger partial charge in [0.1, 0.15) is 12.4 Å². The molecule has 0 aliphatic heterocycles. The Morgan fingerprint density at radius 3 is 2.65 bits per heavy atom. The summed E-state index contributed by atoms with van der Waals surface area (Å²) in [6.45, 7) is 1.99. The fourth-order valence-corrected chi connectivity index (χ4v) is 2.45. The van der Waals surface area contributed by atoms with Gasteiger partial charge in [0.05, 0.1) is 4.92 Å². The summed E-state index contributed by atoms with van der Waals surface area (Å²) in [7, 11) is 0. The third-order valence-electron chi connectivity index (χ3n) is 2.77. The average molecular weight is 357 g/mol. The minimum atomic E-state index is -0.412. The van der Waals surface area contributed by atoms with Crippen molar-refractivity contribution in [2.45, 2.75) is 13.5 Å². The summed E-state index contributed by atoms with van der Waals surface area (Å²) in [4.78, 5) is 10.3. The highest BCUT2D eigenvalue weighted by Gasteiger charge is 2.11. The van der Waals surface area contributed by atoms with Crippen LogP contribution in [-0.4, -0.2) is 4.92 Å². The lowest BCUT2D eigenvalue weighted by atomic mass is 10.2. The second-order valence-electron chi connectivity index (χ2n) is 4.23. The fourth-order valence-electron chi connectivity index (χ4n) is 1.72. The van der Waals surface area contributed by atoms with Crippen molar-refractivity contribution in [2.75, 3.05) is 0 Å². The predicted octanol–water partition coefficient (Wildman–Crippen LogP) is 4.90. The van der Waals surface area contributed by atoms with E-state index in [0.29, 0.717) is 22.9 Å². The Kier molecular flexibility index (Phi) is 4.62. The molecule has 0 heterocycles. The van der Waals surface area contributed by atoms with Gasteiger partial charge >= 0.3 is 0 Å². The van der Waals surface area contributed by atoms with Gasteiger partial charge in [-0.1, -0.05) is 33.6 Å². The largest absolute Gasteiger partial charge is 0.489 e. The SMILES string of the molecule is Cc1cc(OCc2ccc(Br)cc2Cl)ccc1[N+](=O)[O-]. The van der Waals surface area contributed by atoms with Crippen LogP contribution in [0.5, 0.6) is 5.75 Å². The van der Waals surface area contributed by atoms with Gasteiger partial charge in [0, 0.05) is 26.7 Å². The number of aryl methyl sites for hydroxylation is 1. The first-order valence-corrected chi connectivity index (χ1v) is 6.96. The smallest absolute Gasteiger partial charge is 0.272 e. The van der Waals surface area contributed by atoms with E-state index >= 15 is 0 Å². The van der Waals surface area contributed by atoms with Crippen molar-refractivity contribution < 1.29 is 9.66 Å². The molecule has 0 atom stereocenters. The van der Waals surface area contributed by atoms with E-state index in [0.717, 1.165) is 10.0 Å². The zero-order valence-electron chi connectivity index (χ0n) is 10.6. The topological polar surface area (TPSA) is 52.4 Å². The molecule has 0 amide bonds. The molecule has 2 rings (SSSR count). The van der Waals surface area contributed by atoms with Crippen LogP contribution in [0, 0.1) is 17.0 Å². The highest BCUT2D eigenvalue weighted by molar-refractivity contribution is 9.10. The van der Waals surface area contributed by atoms with E-state index in [4.69, 9.17) is 16.3 Å². The third-order valence-corrected chi connectivity index (χ3v) is 3.62. The predicted molar refractivity (Wildman–Crippen MR) is 81.3 cm³/mol. The summed E-state index contributed by atoms with van der Waals surface area (Å²) < 4.78 is 6.51. The Hall–Kier alpha value is -1.59. The molecule has 0 bridgehead atoms. The van der Waals surface area contributed by atoms with Gasteiger partial charge in [-0.3, -0.25) is 10.1 Å². The number of ether oxygens (including phenoxy) is 1. The molecule has 0 aliphatic rings. The average Bonchev–Trinajstić information content (AvgIpc) is 2.37. The van der Waals surface area contributed by atoms with E-state index in [-0.39, 0.29) is 5.69 Å². The molecule has 0 spiro atoms. The molecule has 2 aromatic rings. The molecule has 2 aromatic carbocycles. The Labute approximate surface area is 129 Å². The first kappa shape index (κ1) is 14.8. The normalized spacial score (nSPS) is 10.3. The number of nitrogens with zero attached hydrogens (tertiary/aromatic N) is 1. The molecule has 0 aliphatic carbocycles. The van der Waals surface area contributed by atoms with Gasteiger partial charge in [-0.15, -0.1) is 0 Å². The van der Waals surface area contributed by atoms with Gasteiger partial charge in [-0.25, -0.2) is 0 Å². The minimum absolute atomic E-state index is 0.0824. The molecule has 6 heteroatoms. The maximum Gasteiger partial charge on any atom is 0.272 e. The minimum Gasteiger partial charge on any atom is -0.489 e. The van der Waals surface area contributed by atoms with Crippen molar-refractivity contribution in [1.82, 2.24) is 0 Å². The summed E-state index contributed by atoms with van der Waals surface area (Å²) >= 11 is 9.43. The van der Waals surface area contributed by atoms with Gasteiger partial charge in [0.15, 0.2) is 0 Å². The lowest BCUT2D eigenvalue weighted by Gasteiger charge is -2.09. The summed E-state index contributed by atoms with van der Waals surface area (Å²) in [6.07, 6.45) is 0. The van der Waals surface area contributed by atoms with E-state index in [1.807, 2.05) is 12.1 Å². The first-order chi connectivity index (χ1) is 9.47. The maximum atomic E-state index is 10.7. The van der Waals surface area contributed by atoms with Crippen molar-refractivity contribution in [1.29, 1.82) is 0 Å². The zero-order valence-corrected chi connectivity index (χ0v) is 12.9. The number of hydrogen-bond donors (Lipinski definition) is 0. The monoisotopic (exact) mass is 355 g/mol.